The van der Waals surface area contributed by atoms with Crippen LogP contribution in [0.4, 0.5) is 0 Å². The van der Waals surface area contributed by atoms with Gasteiger partial charge in [-0.2, -0.15) is 0 Å². The molecule has 0 amide bonds. The highest BCUT2D eigenvalue weighted by atomic mass is 35.5. The molecule has 2 heterocycles. The summed E-state index contributed by atoms with van der Waals surface area (Å²) in [5.41, 5.74) is 4.22. The minimum atomic E-state index is 0.563. The molecule has 0 radical (unpaired) electrons. The molecule has 4 rings (SSSR count). The maximum absolute atomic E-state index is 6.12. The highest BCUT2D eigenvalue weighted by molar-refractivity contribution is 7.15. The minimum Gasteiger partial charge on any atom is -0.283 e. The summed E-state index contributed by atoms with van der Waals surface area (Å²) in [6, 6.07) is 13.8. The van der Waals surface area contributed by atoms with Crippen LogP contribution in [0, 0.1) is 0 Å². The average molecular weight is 319 g/mol. The second-order valence-electron chi connectivity index (χ2n) is 4.47. The van der Waals surface area contributed by atoms with Gasteiger partial charge in [-0.15, -0.1) is 11.3 Å². The van der Waals surface area contributed by atoms with Gasteiger partial charge in [0, 0.05) is 10.9 Å². The summed E-state index contributed by atoms with van der Waals surface area (Å²) in [6.07, 6.45) is 0. The van der Waals surface area contributed by atoms with Gasteiger partial charge in [-0.3, -0.25) is 4.40 Å². The smallest absolute Gasteiger partial charge is 0.195 e. The minimum absolute atomic E-state index is 0.563. The Bertz CT molecular complexity index is 940. The number of halogens is 2. The number of benzene rings is 2. The van der Waals surface area contributed by atoms with E-state index >= 15 is 0 Å². The van der Waals surface area contributed by atoms with Crippen LogP contribution in [0.25, 0.3) is 27.3 Å². The van der Waals surface area contributed by atoms with Crippen molar-refractivity contribution in [2.75, 3.05) is 0 Å². The Balaban J connectivity index is 2.06. The van der Waals surface area contributed by atoms with Crippen LogP contribution in [0.3, 0.4) is 0 Å². The molecule has 0 spiro atoms. The molecule has 0 aliphatic carbocycles. The molecule has 0 aliphatic rings. The lowest BCUT2D eigenvalue weighted by Crippen LogP contribution is -1.86. The van der Waals surface area contributed by atoms with E-state index in [9.17, 15) is 0 Å². The van der Waals surface area contributed by atoms with E-state index in [2.05, 4.69) is 20.8 Å². The molecule has 98 valence electrons. The zero-order chi connectivity index (χ0) is 13.7. The van der Waals surface area contributed by atoms with E-state index in [-0.39, 0.29) is 0 Å². The Morgan fingerprint density at radius 3 is 2.70 bits per heavy atom. The fourth-order valence-electron chi connectivity index (χ4n) is 2.33. The maximum atomic E-state index is 6.12. The van der Waals surface area contributed by atoms with E-state index in [1.165, 1.54) is 0 Å². The van der Waals surface area contributed by atoms with Crippen molar-refractivity contribution < 1.29 is 0 Å². The lowest BCUT2D eigenvalue weighted by molar-refractivity contribution is 1.28. The molecule has 4 aromatic rings. The number of nitrogens with zero attached hydrogens (tertiary/aromatic N) is 2. The summed E-state index contributed by atoms with van der Waals surface area (Å²) < 4.78 is 2.15. The third-order valence-corrected chi connectivity index (χ3v) is 4.83. The zero-order valence-corrected chi connectivity index (χ0v) is 12.5. The van der Waals surface area contributed by atoms with Crippen LogP contribution in [0.2, 0.25) is 10.0 Å². The fraction of sp³-hybridized carbons (Fsp3) is 0. The van der Waals surface area contributed by atoms with Crippen LogP contribution < -0.4 is 0 Å². The Hall–Kier alpha value is -1.55. The molecule has 2 aromatic heterocycles. The Morgan fingerprint density at radius 2 is 1.85 bits per heavy atom. The van der Waals surface area contributed by atoms with Crippen molar-refractivity contribution in [1.82, 2.24) is 9.38 Å². The molecule has 2 nitrogen and oxygen atoms in total. The number of imidazole rings is 1. The van der Waals surface area contributed by atoms with Crippen LogP contribution in [0.15, 0.2) is 47.8 Å². The second-order valence-corrected chi connectivity index (χ2v) is 6.12. The fourth-order valence-corrected chi connectivity index (χ4v) is 3.54. The number of aromatic nitrogens is 2. The van der Waals surface area contributed by atoms with Crippen LogP contribution >= 0.6 is 34.5 Å². The van der Waals surface area contributed by atoms with Gasteiger partial charge >= 0.3 is 0 Å². The first kappa shape index (κ1) is 12.2. The predicted molar refractivity (Wildman–Crippen MR) is 86.0 cm³/mol. The number of para-hydroxylation sites is 2. The Kier molecular flexibility index (Phi) is 2.74. The lowest BCUT2D eigenvalue weighted by atomic mass is 10.2. The van der Waals surface area contributed by atoms with Gasteiger partial charge < -0.3 is 0 Å². The lowest BCUT2D eigenvalue weighted by Gasteiger charge is -2.03. The normalized spacial score (nSPS) is 11.5. The van der Waals surface area contributed by atoms with Gasteiger partial charge in [0.25, 0.3) is 0 Å². The van der Waals surface area contributed by atoms with Crippen LogP contribution in [0.5, 0.6) is 0 Å². The van der Waals surface area contributed by atoms with E-state index < -0.39 is 0 Å². The first-order valence-corrected chi connectivity index (χ1v) is 7.68. The van der Waals surface area contributed by atoms with Crippen molar-refractivity contribution in [2.24, 2.45) is 0 Å². The monoisotopic (exact) mass is 318 g/mol. The molecular formula is C15H8Cl2N2S. The van der Waals surface area contributed by atoms with Crippen LogP contribution in [-0.2, 0) is 0 Å². The molecule has 0 atom stereocenters. The average Bonchev–Trinajstić information content (AvgIpc) is 3.00. The van der Waals surface area contributed by atoms with Crippen LogP contribution in [-0.4, -0.2) is 9.38 Å². The second kappa shape index (κ2) is 4.48. The number of thiazole rings is 1. The van der Waals surface area contributed by atoms with Gasteiger partial charge in [-0.1, -0.05) is 41.4 Å². The molecule has 20 heavy (non-hydrogen) atoms. The summed E-state index contributed by atoms with van der Waals surface area (Å²) in [4.78, 5) is 5.60. The summed E-state index contributed by atoms with van der Waals surface area (Å²) in [6.45, 7) is 0. The molecule has 0 N–H and O–H groups in total. The van der Waals surface area contributed by atoms with E-state index in [4.69, 9.17) is 23.2 Å². The molecule has 2 aromatic carbocycles. The SMILES string of the molecule is Clc1ccc(-c2csc3nc4ccccc4n23)cc1Cl. The van der Waals surface area contributed by atoms with Gasteiger partial charge in [0.05, 0.1) is 26.8 Å². The summed E-state index contributed by atoms with van der Waals surface area (Å²) in [5.74, 6) is 0. The standard InChI is InChI=1S/C15H8Cl2N2S/c16-10-6-5-9(7-11(10)17)14-8-20-15-18-12-3-1-2-4-13(12)19(14)15/h1-8H. The predicted octanol–water partition coefficient (Wildman–Crippen LogP) is 5.52. The van der Waals surface area contributed by atoms with Crippen molar-refractivity contribution in [1.29, 1.82) is 0 Å². The van der Waals surface area contributed by atoms with E-state index in [0.717, 1.165) is 27.3 Å². The van der Waals surface area contributed by atoms with E-state index in [0.29, 0.717) is 10.0 Å². The zero-order valence-electron chi connectivity index (χ0n) is 10.2. The van der Waals surface area contributed by atoms with E-state index in [1.807, 2.05) is 36.4 Å². The highest BCUT2D eigenvalue weighted by Gasteiger charge is 2.12. The summed E-state index contributed by atoms with van der Waals surface area (Å²) in [5, 5.41) is 3.22. The molecule has 0 unspecified atom stereocenters. The summed E-state index contributed by atoms with van der Waals surface area (Å²) in [7, 11) is 0. The molecule has 0 aliphatic heterocycles. The number of fused-ring (bicyclic) bond motifs is 3. The van der Waals surface area contributed by atoms with Crippen molar-refractivity contribution in [3.63, 3.8) is 0 Å². The largest absolute Gasteiger partial charge is 0.283 e. The summed E-state index contributed by atoms with van der Waals surface area (Å²) >= 11 is 13.7. The Morgan fingerprint density at radius 1 is 1.00 bits per heavy atom. The third kappa shape index (κ3) is 1.74. The van der Waals surface area contributed by atoms with Crippen molar-refractivity contribution in [3.05, 3.63) is 57.9 Å². The first-order valence-electron chi connectivity index (χ1n) is 6.04. The van der Waals surface area contributed by atoms with Crippen molar-refractivity contribution in [3.8, 4) is 11.3 Å². The highest BCUT2D eigenvalue weighted by Crippen LogP contribution is 2.33. The topological polar surface area (TPSA) is 17.3 Å². The van der Waals surface area contributed by atoms with Gasteiger partial charge in [-0.05, 0) is 24.3 Å². The third-order valence-electron chi connectivity index (χ3n) is 3.26. The molecule has 0 fully saturated rings. The number of rotatable bonds is 1. The molecule has 0 saturated carbocycles. The van der Waals surface area contributed by atoms with Gasteiger partial charge in [-0.25, -0.2) is 4.98 Å². The Labute approximate surface area is 129 Å². The number of hydrogen-bond donors (Lipinski definition) is 0. The molecule has 0 bridgehead atoms. The quantitative estimate of drug-likeness (QED) is 0.451. The van der Waals surface area contributed by atoms with Gasteiger partial charge in [0.1, 0.15) is 0 Å². The van der Waals surface area contributed by atoms with E-state index in [1.54, 1.807) is 11.3 Å². The number of hydrogen-bond acceptors (Lipinski definition) is 2. The molecule has 0 saturated heterocycles. The molecular weight excluding hydrogens is 311 g/mol. The van der Waals surface area contributed by atoms with Gasteiger partial charge in [0.2, 0.25) is 0 Å². The first-order chi connectivity index (χ1) is 9.74. The van der Waals surface area contributed by atoms with Crippen LogP contribution in [0.1, 0.15) is 0 Å². The van der Waals surface area contributed by atoms with Gasteiger partial charge in [0.15, 0.2) is 4.96 Å². The van der Waals surface area contributed by atoms with Crippen molar-refractivity contribution in [2.45, 2.75) is 0 Å². The maximum Gasteiger partial charge on any atom is 0.195 e. The molecule has 5 heteroatoms. The van der Waals surface area contributed by atoms with Crippen molar-refractivity contribution >= 4 is 50.5 Å².